The molecule has 0 heterocycles. The van der Waals surface area contributed by atoms with Gasteiger partial charge in [-0.2, -0.15) is 0 Å². The van der Waals surface area contributed by atoms with Gasteiger partial charge in [-0.15, -0.1) is 0 Å². The van der Waals surface area contributed by atoms with Gasteiger partial charge in [-0.25, -0.2) is 14.4 Å². The van der Waals surface area contributed by atoms with E-state index in [0.717, 1.165) is 11.1 Å². The lowest BCUT2D eigenvalue weighted by Crippen LogP contribution is -2.48. The van der Waals surface area contributed by atoms with Crippen molar-refractivity contribution >= 4 is 29.5 Å². The maximum absolute atomic E-state index is 13.0. The first-order valence-corrected chi connectivity index (χ1v) is 10.4. The third-order valence-electron chi connectivity index (χ3n) is 4.79. The molecule has 0 unspecified atom stereocenters. The summed E-state index contributed by atoms with van der Waals surface area (Å²) in [4.78, 5) is 50.5. The van der Waals surface area contributed by atoms with E-state index < -0.39 is 36.0 Å². The molecule has 3 aromatic carbocycles. The fraction of sp³-hybridized carbons (Fsp3) is 0.154. The summed E-state index contributed by atoms with van der Waals surface area (Å²) in [5, 5.41) is 12.3. The monoisotopic (exact) mass is 461 g/mol. The third kappa shape index (κ3) is 6.29. The molecule has 0 radical (unpaired) electrons. The SMILES string of the molecule is Cc1cccc(C(=O)O[C@@H](C(=O)O)[C@@H](OC(=O)c2cccc(C)c2)C(=O)Nc2ccccc2)c1. The second-order valence-corrected chi connectivity index (χ2v) is 7.58. The number of aryl methyl sites for hydroxylation is 2. The van der Waals surface area contributed by atoms with Crippen LogP contribution in [0.25, 0.3) is 0 Å². The number of esters is 2. The molecule has 0 saturated carbocycles. The summed E-state index contributed by atoms with van der Waals surface area (Å²) in [7, 11) is 0. The number of amides is 1. The molecule has 174 valence electrons. The highest BCUT2D eigenvalue weighted by Crippen LogP contribution is 2.17. The van der Waals surface area contributed by atoms with Crippen molar-refractivity contribution in [3.63, 3.8) is 0 Å². The van der Waals surface area contributed by atoms with Crippen LogP contribution in [0.1, 0.15) is 31.8 Å². The van der Waals surface area contributed by atoms with E-state index in [9.17, 15) is 24.3 Å². The van der Waals surface area contributed by atoms with Crippen LogP contribution >= 0.6 is 0 Å². The molecule has 0 fully saturated rings. The lowest BCUT2D eigenvalue weighted by atomic mass is 10.1. The normalized spacial score (nSPS) is 12.2. The Kier molecular flexibility index (Phi) is 7.76. The molecule has 34 heavy (non-hydrogen) atoms. The molecule has 2 atom stereocenters. The Labute approximate surface area is 196 Å². The van der Waals surface area contributed by atoms with Crippen molar-refractivity contribution in [2.45, 2.75) is 26.1 Å². The number of carboxylic acids is 1. The van der Waals surface area contributed by atoms with Gasteiger partial charge >= 0.3 is 17.9 Å². The van der Waals surface area contributed by atoms with Crippen LogP contribution in [-0.2, 0) is 19.1 Å². The molecule has 0 bridgehead atoms. The zero-order chi connectivity index (χ0) is 24.7. The van der Waals surface area contributed by atoms with Gasteiger partial charge in [-0.1, -0.05) is 53.6 Å². The molecular weight excluding hydrogens is 438 g/mol. The first-order valence-electron chi connectivity index (χ1n) is 10.4. The number of hydrogen-bond acceptors (Lipinski definition) is 6. The highest BCUT2D eigenvalue weighted by atomic mass is 16.6. The number of carbonyl (C=O) groups is 4. The number of nitrogens with one attached hydrogen (secondary N) is 1. The number of hydrogen-bond donors (Lipinski definition) is 2. The summed E-state index contributed by atoms with van der Waals surface area (Å²) in [6, 6.07) is 20.9. The van der Waals surface area contributed by atoms with Crippen molar-refractivity contribution in [3.05, 3.63) is 101 Å². The number of para-hydroxylation sites is 1. The van der Waals surface area contributed by atoms with Gasteiger partial charge in [0.05, 0.1) is 11.1 Å². The van der Waals surface area contributed by atoms with Crippen LogP contribution in [0.2, 0.25) is 0 Å². The zero-order valence-electron chi connectivity index (χ0n) is 18.6. The molecule has 3 rings (SSSR count). The summed E-state index contributed by atoms with van der Waals surface area (Å²) in [6.07, 6.45) is -4.05. The van der Waals surface area contributed by atoms with Gasteiger partial charge in [0.25, 0.3) is 5.91 Å². The summed E-state index contributed by atoms with van der Waals surface area (Å²) in [5.41, 5.74) is 2.08. The number of aliphatic carboxylic acids is 1. The smallest absolute Gasteiger partial charge is 0.349 e. The fourth-order valence-corrected chi connectivity index (χ4v) is 3.14. The quantitative estimate of drug-likeness (QED) is 0.490. The molecule has 3 aromatic rings. The predicted molar refractivity (Wildman–Crippen MR) is 123 cm³/mol. The van der Waals surface area contributed by atoms with E-state index in [4.69, 9.17) is 9.47 Å². The van der Waals surface area contributed by atoms with E-state index in [0.29, 0.717) is 5.69 Å². The second-order valence-electron chi connectivity index (χ2n) is 7.58. The van der Waals surface area contributed by atoms with Crippen LogP contribution in [0, 0.1) is 13.8 Å². The Morgan fingerprint density at radius 2 is 1.21 bits per heavy atom. The Balaban J connectivity index is 1.91. The van der Waals surface area contributed by atoms with Crippen LogP contribution < -0.4 is 5.32 Å². The van der Waals surface area contributed by atoms with Gasteiger partial charge in [-0.3, -0.25) is 4.79 Å². The third-order valence-corrected chi connectivity index (χ3v) is 4.79. The molecule has 0 aliphatic rings. The number of anilines is 1. The number of carboxylic acid groups (broad SMARTS) is 1. The van der Waals surface area contributed by atoms with Crippen molar-refractivity contribution in [1.82, 2.24) is 0 Å². The average molecular weight is 461 g/mol. The molecule has 0 aromatic heterocycles. The Morgan fingerprint density at radius 3 is 1.68 bits per heavy atom. The van der Waals surface area contributed by atoms with E-state index >= 15 is 0 Å². The molecule has 0 aliphatic carbocycles. The molecule has 8 nitrogen and oxygen atoms in total. The first kappa shape index (κ1) is 24.2. The van der Waals surface area contributed by atoms with Crippen molar-refractivity contribution in [2.75, 3.05) is 5.32 Å². The van der Waals surface area contributed by atoms with E-state index in [1.165, 1.54) is 24.3 Å². The summed E-state index contributed by atoms with van der Waals surface area (Å²) >= 11 is 0. The summed E-state index contributed by atoms with van der Waals surface area (Å²) < 4.78 is 10.5. The van der Waals surface area contributed by atoms with Crippen LogP contribution in [-0.4, -0.2) is 41.1 Å². The van der Waals surface area contributed by atoms with Gasteiger partial charge in [-0.05, 0) is 50.2 Å². The summed E-state index contributed by atoms with van der Waals surface area (Å²) in [6.45, 7) is 3.52. The van der Waals surface area contributed by atoms with E-state index in [2.05, 4.69) is 5.32 Å². The van der Waals surface area contributed by atoms with Crippen LogP contribution in [0.3, 0.4) is 0 Å². The molecule has 8 heteroatoms. The van der Waals surface area contributed by atoms with Crippen molar-refractivity contribution in [1.29, 1.82) is 0 Å². The highest BCUT2D eigenvalue weighted by Gasteiger charge is 2.41. The first-order chi connectivity index (χ1) is 16.2. The van der Waals surface area contributed by atoms with E-state index in [1.54, 1.807) is 68.4 Å². The van der Waals surface area contributed by atoms with Gasteiger partial charge in [0.1, 0.15) is 0 Å². The number of rotatable bonds is 8. The van der Waals surface area contributed by atoms with Gasteiger partial charge in [0.15, 0.2) is 0 Å². The minimum atomic E-state index is -2.09. The van der Waals surface area contributed by atoms with Crippen molar-refractivity contribution < 1.29 is 33.8 Å². The zero-order valence-corrected chi connectivity index (χ0v) is 18.6. The topological polar surface area (TPSA) is 119 Å². The number of ether oxygens (including phenoxy) is 2. The van der Waals surface area contributed by atoms with Gasteiger partial charge in [0.2, 0.25) is 12.2 Å². The minimum absolute atomic E-state index is 0.0958. The second kappa shape index (κ2) is 10.9. The van der Waals surface area contributed by atoms with Crippen LogP contribution in [0.15, 0.2) is 78.9 Å². The van der Waals surface area contributed by atoms with E-state index in [1.807, 2.05) is 0 Å². The Morgan fingerprint density at radius 1 is 0.706 bits per heavy atom. The predicted octanol–water partition coefficient (Wildman–Crippen LogP) is 3.78. The number of carbonyl (C=O) groups excluding carboxylic acids is 3. The standard InChI is InChI=1S/C26H23NO7/c1-16-8-6-10-18(14-16)25(31)33-21(23(28)27-20-12-4-3-5-13-20)22(24(29)30)34-26(32)19-11-7-9-17(2)15-19/h3-15,21-22H,1-2H3,(H,27,28)(H,29,30)/t21-,22-/m1/s1. The molecular formula is C26H23NO7. The van der Waals surface area contributed by atoms with Crippen LogP contribution in [0.4, 0.5) is 5.69 Å². The van der Waals surface area contributed by atoms with Crippen molar-refractivity contribution in [3.8, 4) is 0 Å². The minimum Gasteiger partial charge on any atom is -0.478 e. The molecule has 0 aliphatic heterocycles. The van der Waals surface area contributed by atoms with E-state index in [-0.39, 0.29) is 11.1 Å². The van der Waals surface area contributed by atoms with Gasteiger partial charge in [0, 0.05) is 5.69 Å². The Bertz CT molecular complexity index is 1210. The lowest BCUT2D eigenvalue weighted by Gasteiger charge is -2.23. The number of benzene rings is 3. The Hall–Kier alpha value is -4.46. The largest absolute Gasteiger partial charge is 0.478 e. The average Bonchev–Trinajstić information content (AvgIpc) is 2.81. The van der Waals surface area contributed by atoms with Crippen LogP contribution in [0.5, 0.6) is 0 Å². The maximum atomic E-state index is 13.0. The fourth-order valence-electron chi connectivity index (χ4n) is 3.14. The molecule has 1 amide bonds. The molecule has 0 saturated heterocycles. The van der Waals surface area contributed by atoms with Crippen molar-refractivity contribution in [2.24, 2.45) is 0 Å². The van der Waals surface area contributed by atoms with Gasteiger partial charge < -0.3 is 19.9 Å². The maximum Gasteiger partial charge on any atom is 0.349 e. The highest BCUT2D eigenvalue weighted by molar-refractivity contribution is 6.01. The molecule has 0 spiro atoms. The molecule has 2 N–H and O–H groups in total. The lowest BCUT2D eigenvalue weighted by molar-refractivity contribution is -0.157. The summed E-state index contributed by atoms with van der Waals surface area (Å²) in [5.74, 6) is -4.52.